The summed E-state index contributed by atoms with van der Waals surface area (Å²) >= 11 is 3.45. The Hall–Kier alpha value is -2.44. The Kier molecular flexibility index (Phi) is 6.11. The molecule has 29 heavy (non-hydrogen) atoms. The summed E-state index contributed by atoms with van der Waals surface area (Å²) in [4.78, 5) is 25.1. The quantitative estimate of drug-likeness (QED) is 0.640. The fraction of sp³-hybridized carbons (Fsp3) is 0.304. The van der Waals surface area contributed by atoms with E-state index in [0.29, 0.717) is 12.4 Å². The number of H-pyrrole nitrogens is 1. The van der Waals surface area contributed by atoms with E-state index in [1.807, 2.05) is 37.3 Å². The lowest BCUT2D eigenvalue weighted by molar-refractivity contribution is 0.248. The van der Waals surface area contributed by atoms with Crippen LogP contribution in [-0.2, 0) is 13.0 Å². The third-order valence-corrected chi connectivity index (χ3v) is 5.95. The number of hydrogen-bond acceptors (Lipinski definition) is 4. The number of nitrogens with one attached hydrogen (secondary N) is 1. The molecule has 0 aliphatic carbocycles. The van der Waals surface area contributed by atoms with Gasteiger partial charge in [0.25, 0.3) is 5.56 Å². The molecule has 0 bridgehead atoms. The Morgan fingerprint density at radius 2 is 1.66 bits per heavy atom. The highest BCUT2D eigenvalue weighted by Gasteiger charge is 2.20. The zero-order valence-corrected chi connectivity index (χ0v) is 18.2. The van der Waals surface area contributed by atoms with Crippen LogP contribution in [-0.4, -0.2) is 41.0 Å². The average molecular weight is 453 g/mol. The van der Waals surface area contributed by atoms with Crippen LogP contribution < -0.4 is 10.5 Å². The number of hydrogen-bond donors (Lipinski definition) is 1. The maximum Gasteiger partial charge on any atom is 0.256 e. The zero-order valence-electron chi connectivity index (χ0n) is 16.6. The smallest absolute Gasteiger partial charge is 0.256 e. The number of benzene rings is 2. The second-order valence-corrected chi connectivity index (χ2v) is 8.42. The molecule has 0 amide bonds. The van der Waals surface area contributed by atoms with Gasteiger partial charge < -0.3 is 4.90 Å². The summed E-state index contributed by atoms with van der Waals surface area (Å²) in [6, 6.07) is 18.6. The van der Waals surface area contributed by atoms with Crippen LogP contribution in [0.2, 0.25) is 0 Å². The maximum absolute atomic E-state index is 12.7. The molecule has 5 nitrogen and oxygen atoms in total. The molecule has 150 valence electrons. The molecule has 2 aromatic carbocycles. The zero-order chi connectivity index (χ0) is 20.2. The van der Waals surface area contributed by atoms with Crippen LogP contribution in [0.25, 0.3) is 0 Å². The molecular formula is C23H25BrN4O. The Bertz CT molecular complexity index is 1010. The first kappa shape index (κ1) is 19.9. The summed E-state index contributed by atoms with van der Waals surface area (Å²) in [6.07, 6.45) is 0.590. The van der Waals surface area contributed by atoms with E-state index in [1.54, 1.807) is 0 Å². The van der Waals surface area contributed by atoms with Gasteiger partial charge >= 0.3 is 0 Å². The third kappa shape index (κ3) is 4.95. The van der Waals surface area contributed by atoms with Crippen molar-refractivity contribution >= 4 is 21.9 Å². The van der Waals surface area contributed by atoms with E-state index in [1.165, 1.54) is 5.56 Å². The van der Waals surface area contributed by atoms with Crippen LogP contribution in [0.15, 0.2) is 63.9 Å². The van der Waals surface area contributed by atoms with Crippen LogP contribution in [0.1, 0.15) is 22.4 Å². The largest absolute Gasteiger partial charge is 0.340 e. The van der Waals surface area contributed by atoms with E-state index >= 15 is 0 Å². The number of aryl methyl sites for hydroxylation is 1. The number of aromatic nitrogens is 2. The van der Waals surface area contributed by atoms with Gasteiger partial charge in [0.05, 0.1) is 5.69 Å². The van der Waals surface area contributed by atoms with E-state index in [0.717, 1.165) is 54.0 Å². The van der Waals surface area contributed by atoms with Gasteiger partial charge in [-0.3, -0.25) is 14.7 Å². The number of piperazine rings is 1. The molecule has 1 fully saturated rings. The van der Waals surface area contributed by atoms with Crippen molar-refractivity contribution < 1.29 is 0 Å². The van der Waals surface area contributed by atoms with Crippen LogP contribution in [0.5, 0.6) is 0 Å². The van der Waals surface area contributed by atoms with Crippen LogP contribution >= 0.6 is 15.9 Å². The van der Waals surface area contributed by atoms with Crippen molar-refractivity contribution in [3.05, 3.63) is 91.8 Å². The topological polar surface area (TPSA) is 52.2 Å². The molecule has 1 saturated heterocycles. The first-order valence-corrected chi connectivity index (χ1v) is 10.7. The Balaban J connectivity index is 1.42. The number of rotatable bonds is 5. The fourth-order valence-electron chi connectivity index (χ4n) is 3.72. The van der Waals surface area contributed by atoms with Crippen molar-refractivity contribution in [3.8, 4) is 0 Å². The molecule has 1 aromatic heterocycles. The molecule has 0 radical (unpaired) electrons. The summed E-state index contributed by atoms with van der Waals surface area (Å²) in [5.41, 5.74) is 3.94. The highest BCUT2D eigenvalue weighted by Crippen LogP contribution is 2.17. The summed E-state index contributed by atoms with van der Waals surface area (Å²) in [5, 5.41) is 0. The Labute approximate surface area is 179 Å². The summed E-state index contributed by atoms with van der Waals surface area (Å²) in [5.74, 6) is 0.686. The summed E-state index contributed by atoms with van der Waals surface area (Å²) < 4.78 is 1.03. The Morgan fingerprint density at radius 3 is 2.31 bits per heavy atom. The van der Waals surface area contributed by atoms with Gasteiger partial charge in [0.15, 0.2) is 0 Å². The predicted octanol–water partition coefficient (Wildman–Crippen LogP) is 3.75. The van der Waals surface area contributed by atoms with Gasteiger partial charge in [-0.15, -0.1) is 0 Å². The van der Waals surface area contributed by atoms with E-state index in [-0.39, 0.29) is 5.56 Å². The molecule has 0 spiro atoms. The first-order chi connectivity index (χ1) is 14.1. The molecule has 1 aliphatic rings. The lowest BCUT2D eigenvalue weighted by atomic mass is 10.1. The van der Waals surface area contributed by atoms with Gasteiger partial charge in [-0.2, -0.15) is 0 Å². The SMILES string of the molecule is Cc1nc(N2CCN(Cc3ccccc3)CC2)[nH]c(=O)c1Cc1ccc(Br)cc1. The molecule has 0 unspecified atom stereocenters. The molecule has 6 heteroatoms. The van der Waals surface area contributed by atoms with E-state index in [4.69, 9.17) is 4.98 Å². The molecule has 1 N–H and O–H groups in total. The van der Waals surface area contributed by atoms with Crippen molar-refractivity contribution in [2.45, 2.75) is 19.9 Å². The van der Waals surface area contributed by atoms with Gasteiger partial charge in [-0.05, 0) is 30.2 Å². The molecule has 3 aromatic rings. The van der Waals surface area contributed by atoms with Crippen molar-refractivity contribution in [2.75, 3.05) is 31.1 Å². The maximum atomic E-state index is 12.7. The lowest BCUT2D eigenvalue weighted by Gasteiger charge is -2.35. The lowest BCUT2D eigenvalue weighted by Crippen LogP contribution is -2.47. The number of nitrogens with zero attached hydrogens (tertiary/aromatic N) is 3. The van der Waals surface area contributed by atoms with E-state index < -0.39 is 0 Å². The number of anilines is 1. The molecule has 4 rings (SSSR count). The molecule has 1 aliphatic heterocycles. The minimum absolute atomic E-state index is 0.0397. The highest BCUT2D eigenvalue weighted by molar-refractivity contribution is 9.10. The highest BCUT2D eigenvalue weighted by atomic mass is 79.9. The van der Waals surface area contributed by atoms with E-state index in [9.17, 15) is 4.79 Å². The minimum atomic E-state index is -0.0397. The van der Waals surface area contributed by atoms with Crippen LogP contribution in [0.4, 0.5) is 5.95 Å². The van der Waals surface area contributed by atoms with E-state index in [2.05, 4.69) is 55.0 Å². The van der Waals surface area contributed by atoms with Crippen LogP contribution in [0.3, 0.4) is 0 Å². The van der Waals surface area contributed by atoms with Gasteiger partial charge in [0.1, 0.15) is 0 Å². The first-order valence-electron chi connectivity index (χ1n) is 9.94. The monoisotopic (exact) mass is 452 g/mol. The third-order valence-electron chi connectivity index (χ3n) is 5.42. The molecular weight excluding hydrogens is 428 g/mol. The van der Waals surface area contributed by atoms with Crippen molar-refractivity contribution in [1.29, 1.82) is 0 Å². The van der Waals surface area contributed by atoms with Crippen molar-refractivity contribution in [2.24, 2.45) is 0 Å². The second kappa shape index (κ2) is 8.93. The fourth-order valence-corrected chi connectivity index (χ4v) is 3.98. The normalized spacial score (nSPS) is 14.9. The Morgan fingerprint density at radius 1 is 0.966 bits per heavy atom. The van der Waals surface area contributed by atoms with Gasteiger partial charge in [-0.1, -0.05) is 58.4 Å². The van der Waals surface area contributed by atoms with Crippen molar-refractivity contribution in [1.82, 2.24) is 14.9 Å². The summed E-state index contributed by atoms with van der Waals surface area (Å²) in [7, 11) is 0. The standard InChI is InChI=1S/C23H25BrN4O/c1-17-21(15-18-7-9-20(24)10-8-18)22(29)26-23(25-17)28-13-11-27(12-14-28)16-19-5-3-2-4-6-19/h2-10H,11-16H2,1H3,(H,25,26,29). The second-order valence-electron chi connectivity index (χ2n) is 7.51. The molecule has 0 atom stereocenters. The molecule has 2 heterocycles. The summed E-state index contributed by atoms with van der Waals surface area (Å²) in [6.45, 7) is 6.53. The van der Waals surface area contributed by atoms with Crippen LogP contribution in [0, 0.1) is 6.92 Å². The average Bonchev–Trinajstić information content (AvgIpc) is 2.73. The van der Waals surface area contributed by atoms with Gasteiger partial charge in [0, 0.05) is 49.2 Å². The minimum Gasteiger partial charge on any atom is -0.340 e. The number of halogens is 1. The predicted molar refractivity (Wildman–Crippen MR) is 120 cm³/mol. The van der Waals surface area contributed by atoms with Gasteiger partial charge in [0.2, 0.25) is 5.95 Å². The molecule has 0 saturated carbocycles. The van der Waals surface area contributed by atoms with Crippen molar-refractivity contribution in [3.63, 3.8) is 0 Å². The number of aromatic amines is 1. The van der Waals surface area contributed by atoms with Gasteiger partial charge in [-0.25, -0.2) is 4.98 Å².